The van der Waals surface area contributed by atoms with Gasteiger partial charge in [-0.25, -0.2) is 4.99 Å². The van der Waals surface area contributed by atoms with Crippen LogP contribution in [0.3, 0.4) is 0 Å². The Labute approximate surface area is 117 Å². The molecular formula is C16H29N3. The molecule has 3 nitrogen and oxygen atoms in total. The molecule has 19 heavy (non-hydrogen) atoms. The summed E-state index contributed by atoms with van der Waals surface area (Å²) < 4.78 is 0. The van der Waals surface area contributed by atoms with Crippen LogP contribution in [0.5, 0.6) is 0 Å². The second kappa shape index (κ2) is 9.76. The molecule has 0 radical (unpaired) electrons. The van der Waals surface area contributed by atoms with Gasteiger partial charge in [0.1, 0.15) is 11.7 Å². The summed E-state index contributed by atoms with van der Waals surface area (Å²) >= 11 is 0. The smallest absolute Gasteiger partial charge is 0.150 e. The number of nitrogens with zero attached hydrogens (tertiary/aromatic N) is 1. The average molecular weight is 263 g/mol. The summed E-state index contributed by atoms with van der Waals surface area (Å²) in [6.07, 6.45) is 16.3. The van der Waals surface area contributed by atoms with Crippen LogP contribution in [-0.4, -0.2) is 11.7 Å². The largest absolute Gasteiger partial charge is 0.384 e. The highest BCUT2D eigenvalue weighted by Crippen LogP contribution is 2.16. The van der Waals surface area contributed by atoms with Crippen molar-refractivity contribution in [3.05, 3.63) is 11.6 Å². The van der Waals surface area contributed by atoms with E-state index in [4.69, 9.17) is 11.1 Å². The standard InChI is InChI=1S/C16H29N3/c1-2-3-4-5-6-7-8-9-10-11-12-14-13-15(17)19-16(14)18/h13H,2-12H2,1H3,(H3,17,18,19). The first-order valence-electron chi connectivity index (χ1n) is 7.87. The van der Waals surface area contributed by atoms with Gasteiger partial charge in [-0.05, 0) is 24.5 Å². The average Bonchev–Trinajstić information content (AvgIpc) is 2.70. The van der Waals surface area contributed by atoms with Crippen LogP contribution in [0.4, 0.5) is 0 Å². The Morgan fingerprint density at radius 2 is 1.47 bits per heavy atom. The van der Waals surface area contributed by atoms with Gasteiger partial charge in [0.15, 0.2) is 0 Å². The molecule has 0 bridgehead atoms. The van der Waals surface area contributed by atoms with Gasteiger partial charge in [-0.15, -0.1) is 0 Å². The number of rotatable bonds is 11. The second-order valence-corrected chi connectivity index (χ2v) is 5.49. The fraction of sp³-hybridized carbons (Fsp3) is 0.750. The second-order valence-electron chi connectivity index (χ2n) is 5.49. The third kappa shape index (κ3) is 7.14. The van der Waals surface area contributed by atoms with Crippen LogP contribution >= 0.6 is 0 Å². The van der Waals surface area contributed by atoms with Crippen LogP contribution in [-0.2, 0) is 0 Å². The molecule has 0 saturated carbocycles. The predicted octanol–water partition coefficient (Wildman–Crippen LogP) is 4.57. The number of hydrogen-bond acceptors (Lipinski definition) is 2. The molecular weight excluding hydrogens is 234 g/mol. The molecule has 0 atom stereocenters. The monoisotopic (exact) mass is 263 g/mol. The van der Waals surface area contributed by atoms with Crippen molar-refractivity contribution in [3.63, 3.8) is 0 Å². The van der Waals surface area contributed by atoms with Gasteiger partial charge in [-0.2, -0.15) is 0 Å². The van der Waals surface area contributed by atoms with Crippen molar-refractivity contribution in [1.29, 1.82) is 5.41 Å². The summed E-state index contributed by atoms with van der Waals surface area (Å²) in [4.78, 5) is 3.92. The molecule has 0 aromatic carbocycles. The Bertz CT molecular complexity index is 329. The van der Waals surface area contributed by atoms with Gasteiger partial charge in [0, 0.05) is 0 Å². The lowest BCUT2D eigenvalue weighted by Gasteiger charge is -2.03. The SMILES string of the molecule is CCCCCCCCCCCCC1=CC(N)=NC1=N. The highest BCUT2D eigenvalue weighted by atomic mass is 14.9. The molecule has 1 rings (SSSR count). The fourth-order valence-electron chi connectivity index (χ4n) is 2.47. The number of amidine groups is 2. The van der Waals surface area contributed by atoms with Crippen molar-refractivity contribution in [3.8, 4) is 0 Å². The Balaban J connectivity index is 1.87. The molecule has 0 spiro atoms. The minimum Gasteiger partial charge on any atom is -0.384 e. The maximum Gasteiger partial charge on any atom is 0.150 e. The van der Waals surface area contributed by atoms with E-state index in [1.807, 2.05) is 6.08 Å². The maximum absolute atomic E-state index is 7.63. The summed E-state index contributed by atoms with van der Waals surface area (Å²) in [5, 5.41) is 7.63. The molecule has 108 valence electrons. The van der Waals surface area contributed by atoms with Gasteiger partial charge in [0.05, 0.1) is 0 Å². The van der Waals surface area contributed by atoms with Crippen LogP contribution in [0.1, 0.15) is 77.6 Å². The lowest BCUT2D eigenvalue weighted by molar-refractivity contribution is 0.557. The topological polar surface area (TPSA) is 62.2 Å². The molecule has 3 N–H and O–H groups in total. The van der Waals surface area contributed by atoms with E-state index >= 15 is 0 Å². The summed E-state index contributed by atoms with van der Waals surface area (Å²) in [7, 11) is 0. The first kappa shape index (κ1) is 15.9. The van der Waals surface area contributed by atoms with E-state index < -0.39 is 0 Å². The van der Waals surface area contributed by atoms with E-state index in [1.54, 1.807) is 0 Å². The molecule has 1 aliphatic heterocycles. The molecule has 0 saturated heterocycles. The zero-order valence-corrected chi connectivity index (χ0v) is 12.4. The van der Waals surface area contributed by atoms with Crippen LogP contribution < -0.4 is 5.73 Å². The van der Waals surface area contributed by atoms with Crippen molar-refractivity contribution in [2.24, 2.45) is 10.7 Å². The van der Waals surface area contributed by atoms with E-state index in [0.717, 1.165) is 18.4 Å². The third-order valence-electron chi connectivity index (χ3n) is 3.67. The fourth-order valence-corrected chi connectivity index (χ4v) is 2.47. The lowest BCUT2D eigenvalue weighted by Crippen LogP contribution is -2.04. The van der Waals surface area contributed by atoms with Crippen molar-refractivity contribution in [1.82, 2.24) is 0 Å². The maximum atomic E-state index is 7.63. The van der Waals surface area contributed by atoms with Crippen LogP contribution in [0.15, 0.2) is 16.6 Å². The highest BCUT2D eigenvalue weighted by molar-refractivity contribution is 6.15. The van der Waals surface area contributed by atoms with Gasteiger partial charge in [0.25, 0.3) is 0 Å². The van der Waals surface area contributed by atoms with E-state index in [9.17, 15) is 0 Å². The van der Waals surface area contributed by atoms with Crippen LogP contribution in [0.25, 0.3) is 0 Å². The van der Waals surface area contributed by atoms with Gasteiger partial charge in [-0.1, -0.05) is 64.7 Å². The Hall–Kier alpha value is -1.12. The van der Waals surface area contributed by atoms with Gasteiger partial charge >= 0.3 is 0 Å². The summed E-state index contributed by atoms with van der Waals surface area (Å²) in [6, 6.07) is 0. The summed E-state index contributed by atoms with van der Waals surface area (Å²) in [5.41, 5.74) is 6.58. The van der Waals surface area contributed by atoms with E-state index in [-0.39, 0.29) is 0 Å². The van der Waals surface area contributed by atoms with Crippen LogP contribution in [0.2, 0.25) is 0 Å². The predicted molar refractivity (Wildman–Crippen MR) is 83.9 cm³/mol. The third-order valence-corrected chi connectivity index (χ3v) is 3.67. The number of unbranched alkanes of at least 4 members (excludes halogenated alkanes) is 9. The van der Waals surface area contributed by atoms with Crippen LogP contribution in [0, 0.1) is 5.41 Å². The van der Waals surface area contributed by atoms with E-state index in [2.05, 4.69) is 11.9 Å². The molecule has 0 fully saturated rings. The number of hydrogen-bond donors (Lipinski definition) is 2. The van der Waals surface area contributed by atoms with Gasteiger partial charge < -0.3 is 5.73 Å². The summed E-state index contributed by atoms with van der Waals surface area (Å²) in [6.45, 7) is 2.26. The molecule has 0 aromatic heterocycles. The van der Waals surface area contributed by atoms with Crippen molar-refractivity contribution in [2.75, 3.05) is 0 Å². The Morgan fingerprint density at radius 3 is 1.95 bits per heavy atom. The lowest BCUT2D eigenvalue weighted by atomic mass is 10.0. The van der Waals surface area contributed by atoms with Crippen molar-refractivity contribution < 1.29 is 0 Å². The molecule has 0 unspecified atom stereocenters. The molecule has 0 aromatic rings. The quantitative estimate of drug-likeness (QED) is 0.527. The molecule has 1 aliphatic rings. The zero-order valence-electron chi connectivity index (χ0n) is 12.4. The normalized spacial score (nSPS) is 14.7. The number of nitrogens with two attached hydrogens (primary N) is 1. The zero-order chi connectivity index (χ0) is 13.9. The first-order valence-corrected chi connectivity index (χ1v) is 7.87. The van der Waals surface area contributed by atoms with E-state index in [0.29, 0.717) is 11.7 Å². The molecule has 0 amide bonds. The van der Waals surface area contributed by atoms with Gasteiger partial charge in [-0.3, -0.25) is 5.41 Å². The van der Waals surface area contributed by atoms with Crippen molar-refractivity contribution >= 4 is 11.7 Å². The minimum atomic E-state index is 0.369. The Kier molecular flexibility index (Phi) is 8.19. The molecule has 0 aliphatic carbocycles. The first-order chi connectivity index (χ1) is 9.24. The highest BCUT2D eigenvalue weighted by Gasteiger charge is 2.11. The van der Waals surface area contributed by atoms with E-state index in [1.165, 1.54) is 57.8 Å². The number of aliphatic imine (C=N–C) groups is 1. The summed E-state index contributed by atoms with van der Waals surface area (Å²) in [5.74, 6) is 0.862. The minimum absolute atomic E-state index is 0.369. The molecule has 3 heteroatoms. The van der Waals surface area contributed by atoms with Gasteiger partial charge in [0.2, 0.25) is 0 Å². The van der Waals surface area contributed by atoms with Crippen molar-refractivity contribution in [2.45, 2.75) is 77.6 Å². The molecule has 1 heterocycles. The number of nitrogens with one attached hydrogen (secondary N) is 1. The Morgan fingerprint density at radius 1 is 0.947 bits per heavy atom.